The van der Waals surface area contributed by atoms with Crippen molar-refractivity contribution < 1.29 is 9.90 Å². The van der Waals surface area contributed by atoms with Crippen molar-refractivity contribution in [3.05, 3.63) is 87.5 Å². The molecule has 1 aliphatic carbocycles. The summed E-state index contributed by atoms with van der Waals surface area (Å²) < 4.78 is 0. The zero-order valence-electron chi connectivity index (χ0n) is 21.1. The predicted molar refractivity (Wildman–Crippen MR) is 149 cm³/mol. The molecule has 196 valence electrons. The fourth-order valence-electron chi connectivity index (χ4n) is 4.99. The Morgan fingerprint density at radius 3 is 2.61 bits per heavy atom. The van der Waals surface area contributed by atoms with Crippen molar-refractivity contribution >= 4 is 40.6 Å². The lowest BCUT2D eigenvalue weighted by molar-refractivity contribution is -0.117. The van der Waals surface area contributed by atoms with E-state index in [9.17, 15) is 15.2 Å². The number of rotatable bonds is 7. The van der Waals surface area contributed by atoms with Gasteiger partial charge in [-0.3, -0.25) is 9.69 Å². The molecule has 1 aliphatic heterocycles. The number of carbonyl (C=O) groups excluding carboxylic acids is 1. The number of β-amino-alcohol motifs (C(OH)–C–C–N with tert-alkyl or cyclic N) is 1. The van der Waals surface area contributed by atoms with Crippen LogP contribution in [0, 0.1) is 17.2 Å². The van der Waals surface area contributed by atoms with Crippen LogP contribution in [0.4, 0.5) is 11.5 Å². The molecular weight excluding hydrogens is 521 g/mol. The van der Waals surface area contributed by atoms with E-state index in [1.165, 1.54) is 0 Å². The molecular formula is C29H29Cl2N5O2. The van der Waals surface area contributed by atoms with Crippen molar-refractivity contribution in [3.63, 3.8) is 0 Å². The maximum Gasteiger partial charge on any atom is 0.228 e. The van der Waals surface area contributed by atoms with Gasteiger partial charge in [-0.15, -0.1) is 0 Å². The lowest BCUT2D eigenvalue weighted by Crippen LogP contribution is -2.52. The third-order valence-corrected chi connectivity index (χ3v) is 7.77. The Labute approximate surface area is 232 Å². The van der Waals surface area contributed by atoms with Crippen LogP contribution in [0.1, 0.15) is 42.5 Å². The third-order valence-electron chi connectivity index (χ3n) is 7.22. The van der Waals surface area contributed by atoms with Crippen LogP contribution in [0.15, 0.2) is 60.8 Å². The van der Waals surface area contributed by atoms with E-state index in [4.69, 9.17) is 23.2 Å². The van der Waals surface area contributed by atoms with Crippen molar-refractivity contribution in [2.24, 2.45) is 5.92 Å². The lowest BCUT2D eigenvalue weighted by Gasteiger charge is -2.45. The van der Waals surface area contributed by atoms with Crippen molar-refractivity contribution in [1.29, 1.82) is 5.26 Å². The molecule has 1 aromatic heterocycles. The highest BCUT2D eigenvalue weighted by atomic mass is 35.5. The Morgan fingerprint density at radius 2 is 1.92 bits per heavy atom. The maximum absolute atomic E-state index is 12.2. The van der Waals surface area contributed by atoms with E-state index in [1.807, 2.05) is 30.3 Å². The average Bonchev–Trinajstić information content (AvgIpc) is 3.75. The smallest absolute Gasteiger partial charge is 0.228 e. The van der Waals surface area contributed by atoms with Crippen molar-refractivity contribution in [3.8, 4) is 6.07 Å². The second kappa shape index (κ2) is 10.9. The number of piperazine rings is 1. The first-order valence-corrected chi connectivity index (χ1v) is 13.4. The number of anilines is 2. The van der Waals surface area contributed by atoms with E-state index in [2.05, 4.69) is 26.2 Å². The highest BCUT2D eigenvalue weighted by Crippen LogP contribution is 2.37. The molecule has 0 unspecified atom stereocenters. The Bertz CT molecular complexity index is 1370. The molecule has 1 amide bonds. The van der Waals surface area contributed by atoms with E-state index >= 15 is 0 Å². The fourth-order valence-corrected chi connectivity index (χ4v) is 5.40. The Morgan fingerprint density at radius 1 is 1.16 bits per heavy atom. The standard InChI is InChI=1S/C29H29Cl2N5O2/c1-29(38,22-10-11-33-27(15-22)34-28(37)21-3-4-21)18-35-12-13-36(25-9-2-19(16-32)14-24(25)31)26(17-35)20-5-7-23(30)8-6-20/h2,5-11,14-15,21,26,38H,3-4,12-13,17-18H2,1H3,(H,33,34,37)/t26-,29+/m0/s1. The first-order chi connectivity index (χ1) is 18.2. The summed E-state index contributed by atoms with van der Waals surface area (Å²) in [5.41, 5.74) is 1.98. The van der Waals surface area contributed by atoms with E-state index < -0.39 is 5.60 Å². The molecule has 2 aliphatic rings. The second-order valence-electron chi connectivity index (χ2n) is 10.2. The van der Waals surface area contributed by atoms with Crippen LogP contribution in [0.5, 0.6) is 0 Å². The molecule has 5 rings (SSSR count). The summed E-state index contributed by atoms with van der Waals surface area (Å²) in [4.78, 5) is 20.9. The summed E-state index contributed by atoms with van der Waals surface area (Å²) in [6.45, 7) is 4.20. The number of hydrogen-bond donors (Lipinski definition) is 2. The quantitative estimate of drug-likeness (QED) is 0.411. The largest absolute Gasteiger partial charge is 0.384 e. The first kappa shape index (κ1) is 26.5. The number of nitrogens with one attached hydrogen (secondary N) is 1. The Balaban J connectivity index is 1.37. The predicted octanol–water partition coefficient (Wildman–Crippen LogP) is 5.38. The highest BCUT2D eigenvalue weighted by Gasteiger charge is 2.35. The maximum atomic E-state index is 12.2. The molecule has 1 saturated heterocycles. The van der Waals surface area contributed by atoms with Gasteiger partial charge in [0.25, 0.3) is 0 Å². The number of nitriles is 1. The van der Waals surface area contributed by atoms with E-state index in [-0.39, 0.29) is 17.9 Å². The fraction of sp³-hybridized carbons (Fsp3) is 0.345. The molecule has 0 spiro atoms. The lowest BCUT2D eigenvalue weighted by atomic mass is 9.94. The zero-order valence-corrected chi connectivity index (χ0v) is 22.6. The van der Waals surface area contributed by atoms with Crippen LogP contribution in [0.2, 0.25) is 10.0 Å². The monoisotopic (exact) mass is 549 g/mol. The summed E-state index contributed by atoms with van der Waals surface area (Å²) >= 11 is 12.8. The number of nitrogens with zero attached hydrogens (tertiary/aromatic N) is 4. The van der Waals surface area contributed by atoms with Crippen LogP contribution < -0.4 is 10.2 Å². The van der Waals surface area contributed by atoms with Crippen molar-refractivity contribution in [2.45, 2.75) is 31.4 Å². The molecule has 2 N–H and O–H groups in total. The first-order valence-electron chi connectivity index (χ1n) is 12.7. The number of carbonyl (C=O) groups is 1. The van der Waals surface area contributed by atoms with Crippen LogP contribution in [0.3, 0.4) is 0 Å². The molecule has 2 fully saturated rings. The summed E-state index contributed by atoms with van der Waals surface area (Å²) in [7, 11) is 0. The molecule has 7 nitrogen and oxygen atoms in total. The van der Waals surface area contributed by atoms with Crippen molar-refractivity contribution in [2.75, 3.05) is 36.4 Å². The van der Waals surface area contributed by atoms with Gasteiger partial charge >= 0.3 is 0 Å². The minimum absolute atomic E-state index is 0.0160. The number of hydrogen-bond acceptors (Lipinski definition) is 6. The normalized spacial score (nSPS) is 19.4. The summed E-state index contributed by atoms with van der Waals surface area (Å²) in [6, 6.07) is 18.8. The van der Waals surface area contributed by atoms with E-state index in [0.717, 1.165) is 24.1 Å². The Kier molecular flexibility index (Phi) is 7.60. The Hall–Kier alpha value is -3.15. The number of amides is 1. The number of aromatic nitrogens is 1. The molecule has 0 bridgehead atoms. The van der Waals surface area contributed by atoms with Gasteiger partial charge in [-0.2, -0.15) is 5.26 Å². The second-order valence-corrected chi connectivity index (χ2v) is 11.1. The van der Waals surface area contributed by atoms with Gasteiger partial charge in [0.1, 0.15) is 5.82 Å². The van der Waals surface area contributed by atoms with Gasteiger partial charge < -0.3 is 15.3 Å². The SMILES string of the molecule is C[C@@](O)(CN1CCN(c2ccc(C#N)cc2Cl)[C@H](c2ccc(Cl)cc2)C1)c1ccnc(NC(=O)C2CC2)c1. The molecule has 2 aromatic carbocycles. The summed E-state index contributed by atoms with van der Waals surface area (Å²) in [6.07, 6.45) is 3.45. The number of pyridine rings is 1. The van der Waals surface area contributed by atoms with Crippen LogP contribution >= 0.6 is 23.2 Å². The minimum Gasteiger partial charge on any atom is -0.384 e. The van der Waals surface area contributed by atoms with Gasteiger partial charge in [0, 0.05) is 43.3 Å². The molecule has 1 saturated carbocycles. The zero-order chi connectivity index (χ0) is 26.9. The topological polar surface area (TPSA) is 92.5 Å². The molecule has 0 radical (unpaired) electrons. The molecule has 3 aromatic rings. The van der Waals surface area contributed by atoms with Crippen LogP contribution in [0.25, 0.3) is 0 Å². The average molecular weight is 550 g/mol. The van der Waals surface area contributed by atoms with Crippen LogP contribution in [-0.4, -0.2) is 47.1 Å². The number of halogens is 2. The number of benzene rings is 2. The third kappa shape index (κ3) is 5.95. The van der Waals surface area contributed by atoms with Gasteiger partial charge in [-0.1, -0.05) is 35.3 Å². The molecule has 2 atom stereocenters. The molecule has 38 heavy (non-hydrogen) atoms. The van der Waals surface area contributed by atoms with Gasteiger partial charge in [0.15, 0.2) is 0 Å². The van der Waals surface area contributed by atoms with Gasteiger partial charge in [0.05, 0.1) is 34.0 Å². The van der Waals surface area contributed by atoms with Gasteiger partial charge in [0.2, 0.25) is 5.91 Å². The van der Waals surface area contributed by atoms with Crippen LogP contribution in [-0.2, 0) is 10.4 Å². The minimum atomic E-state index is -1.17. The highest BCUT2D eigenvalue weighted by molar-refractivity contribution is 6.33. The molecule has 9 heteroatoms. The van der Waals surface area contributed by atoms with Gasteiger partial charge in [-0.05, 0) is 73.4 Å². The summed E-state index contributed by atoms with van der Waals surface area (Å²) in [5, 5.41) is 24.8. The summed E-state index contributed by atoms with van der Waals surface area (Å²) in [5.74, 6) is 0.517. The van der Waals surface area contributed by atoms with E-state index in [1.54, 1.807) is 37.4 Å². The number of aliphatic hydroxyl groups is 1. The van der Waals surface area contributed by atoms with Gasteiger partial charge in [-0.25, -0.2) is 4.98 Å². The molecule has 2 heterocycles. The van der Waals surface area contributed by atoms with E-state index in [0.29, 0.717) is 53.2 Å². The van der Waals surface area contributed by atoms with Crippen molar-refractivity contribution in [1.82, 2.24) is 9.88 Å².